The van der Waals surface area contributed by atoms with E-state index in [-0.39, 0.29) is 11.6 Å². The fourth-order valence-electron chi connectivity index (χ4n) is 4.25. The van der Waals surface area contributed by atoms with Crippen LogP contribution in [0.1, 0.15) is 61.6 Å². The summed E-state index contributed by atoms with van der Waals surface area (Å²) in [4.78, 5) is 0. The molecular formula is C19H29NO. The average Bonchev–Trinajstić information content (AvgIpc) is 2.82. The average molecular weight is 287 g/mol. The van der Waals surface area contributed by atoms with Gasteiger partial charge >= 0.3 is 0 Å². The molecule has 1 aromatic carbocycles. The summed E-state index contributed by atoms with van der Waals surface area (Å²) in [5, 5.41) is 0. The molecule has 1 unspecified atom stereocenters. The molecule has 2 nitrogen and oxygen atoms in total. The highest BCUT2D eigenvalue weighted by Crippen LogP contribution is 2.34. The first-order chi connectivity index (χ1) is 10.2. The first-order valence-corrected chi connectivity index (χ1v) is 8.65. The van der Waals surface area contributed by atoms with E-state index in [1.165, 1.54) is 50.5 Å². The van der Waals surface area contributed by atoms with Crippen LogP contribution in [-0.2, 0) is 24.0 Å². The SMILES string of the molecule is COC1(C(N)Cc2ccc3c(c2)CCC3)CCCCCC1. The van der Waals surface area contributed by atoms with Crippen LogP contribution in [0.25, 0.3) is 0 Å². The second-order valence-electron chi connectivity index (χ2n) is 6.95. The third-order valence-corrected chi connectivity index (χ3v) is 5.65. The maximum absolute atomic E-state index is 6.62. The number of rotatable bonds is 4. The van der Waals surface area contributed by atoms with Crippen molar-refractivity contribution in [2.75, 3.05) is 7.11 Å². The minimum atomic E-state index is -0.102. The molecule has 1 aromatic rings. The number of benzene rings is 1. The van der Waals surface area contributed by atoms with Crippen molar-refractivity contribution in [2.24, 2.45) is 5.73 Å². The van der Waals surface area contributed by atoms with E-state index in [4.69, 9.17) is 10.5 Å². The Bertz CT molecular complexity index is 474. The van der Waals surface area contributed by atoms with Gasteiger partial charge in [-0.25, -0.2) is 0 Å². The summed E-state index contributed by atoms with van der Waals surface area (Å²) in [5.74, 6) is 0. The Morgan fingerprint density at radius 3 is 2.48 bits per heavy atom. The van der Waals surface area contributed by atoms with Crippen molar-refractivity contribution < 1.29 is 4.74 Å². The van der Waals surface area contributed by atoms with Crippen molar-refractivity contribution in [1.82, 2.24) is 0 Å². The molecule has 0 aliphatic heterocycles. The molecule has 0 spiro atoms. The third kappa shape index (κ3) is 3.17. The maximum atomic E-state index is 6.62. The molecule has 2 aliphatic carbocycles. The highest BCUT2D eigenvalue weighted by molar-refractivity contribution is 5.35. The summed E-state index contributed by atoms with van der Waals surface area (Å²) in [6.07, 6.45) is 12.2. The lowest BCUT2D eigenvalue weighted by Crippen LogP contribution is -2.50. The Morgan fingerprint density at radius 2 is 1.76 bits per heavy atom. The van der Waals surface area contributed by atoms with E-state index in [9.17, 15) is 0 Å². The molecule has 0 saturated heterocycles. The molecule has 1 fully saturated rings. The number of aryl methyl sites for hydroxylation is 2. The van der Waals surface area contributed by atoms with Gasteiger partial charge in [0.15, 0.2) is 0 Å². The molecule has 0 heterocycles. The number of ether oxygens (including phenoxy) is 1. The highest BCUT2D eigenvalue weighted by atomic mass is 16.5. The fourth-order valence-corrected chi connectivity index (χ4v) is 4.25. The predicted octanol–water partition coefficient (Wildman–Crippen LogP) is 3.78. The first kappa shape index (κ1) is 15.1. The van der Waals surface area contributed by atoms with Crippen LogP contribution in [0.15, 0.2) is 18.2 Å². The van der Waals surface area contributed by atoms with Crippen molar-refractivity contribution in [3.63, 3.8) is 0 Å². The molecule has 3 rings (SSSR count). The smallest absolute Gasteiger partial charge is 0.0832 e. The molecule has 0 amide bonds. The third-order valence-electron chi connectivity index (χ3n) is 5.65. The van der Waals surface area contributed by atoms with Gasteiger partial charge in [0, 0.05) is 13.2 Å². The zero-order valence-electron chi connectivity index (χ0n) is 13.4. The number of hydrogen-bond acceptors (Lipinski definition) is 2. The summed E-state index contributed by atoms with van der Waals surface area (Å²) < 4.78 is 5.96. The molecule has 0 bridgehead atoms. The standard InChI is InChI=1S/C19H29NO/c1-21-19(11-4-2-3-5-12-19)18(20)14-15-9-10-16-7-6-8-17(16)13-15/h9-10,13,18H,2-8,11-12,14,20H2,1H3. The van der Waals surface area contributed by atoms with Gasteiger partial charge in [-0.2, -0.15) is 0 Å². The van der Waals surface area contributed by atoms with Crippen LogP contribution >= 0.6 is 0 Å². The largest absolute Gasteiger partial charge is 0.377 e. The van der Waals surface area contributed by atoms with Gasteiger partial charge in [0.2, 0.25) is 0 Å². The second kappa shape index (κ2) is 6.50. The summed E-state index contributed by atoms with van der Waals surface area (Å²) in [6.45, 7) is 0. The van der Waals surface area contributed by atoms with Crippen molar-refractivity contribution in [1.29, 1.82) is 0 Å². The van der Waals surface area contributed by atoms with Gasteiger partial charge in [-0.05, 0) is 55.2 Å². The Balaban J connectivity index is 1.73. The van der Waals surface area contributed by atoms with Crippen molar-refractivity contribution in [3.05, 3.63) is 34.9 Å². The zero-order valence-corrected chi connectivity index (χ0v) is 13.4. The van der Waals surface area contributed by atoms with Gasteiger partial charge in [-0.15, -0.1) is 0 Å². The van der Waals surface area contributed by atoms with Gasteiger partial charge in [-0.3, -0.25) is 0 Å². The van der Waals surface area contributed by atoms with Crippen LogP contribution in [-0.4, -0.2) is 18.8 Å². The van der Waals surface area contributed by atoms with Gasteiger partial charge in [0.1, 0.15) is 0 Å². The van der Waals surface area contributed by atoms with E-state index in [1.807, 2.05) is 7.11 Å². The normalized spacial score (nSPS) is 22.6. The molecule has 1 atom stereocenters. The van der Waals surface area contributed by atoms with Crippen molar-refractivity contribution >= 4 is 0 Å². The lowest BCUT2D eigenvalue weighted by atomic mass is 9.83. The van der Waals surface area contributed by atoms with Gasteiger partial charge in [-0.1, -0.05) is 43.9 Å². The summed E-state index contributed by atoms with van der Waals surface area (Å²) in [5.41, 5.74) is 11.0. The molecule has 0 radical (unpaired) electrons. The maximum Gasteiger partial charge on any atom is 0.0832 e. The molecule has 21 heavy (non-hydrogen) atoms. The van der Waals surface area contributed by atoms with Crippen LogP contribution in [0.3, 0.4) is 0 Å². The van der Waals surface area contributed by atoms with E-state index >= 15 is 0 Å². The molecular weight excluding hydrogens is 258 g/mol. The quantitative estimate of drug-likeness (QED) is 0.855. The zero-order chi connectivity index (χ0) is 14.7. The Kier molecular flexibility index (Phi) is 4.66. The monoisotopic (exact) mass is 287 g/mol. The Morgan fingerprint density at radius 1 is 1.05 bits per heavy atom. The van der Waals surface area contributed by atoms with Crippen LogP contribution in [0.5, 0.6) is 0 Å². The van der Waals surface area contributed by atoms with E-state index in [2.05, 4.69) is 18.2 Å². The lowest BCUT2D eigenvalue weighted by molar-refractivity contribution is -0.0430. The van der Waals surface area contributed by atoms with E-state index in [0.29, 0.717) is 0 Å². The highest BCUT2D eigenvalue weighted by Gasteiger charge is 2.37. The first-order valence-electron chi connectivity index (χ1n) is 8.65. The molecule has 2 N–H and O–H groups in total. The topological polar surface area (TPSA) is 35.2 Å². The lowest BCUT2D eigenvalue weighted by Gasteiger charge is -2.37. The molecule has 2 aliphatic rings. The number of methoxy groups -OCH3 is 1. The molecule has 2 heteroatoms. The number of nitrogens with two attached hydrogens (primary N) is 1. The molecule has 116 valence electrons. The summed E-state index contributed by atoms with van der Waals surface area (Å²) >= 11 is 0. The van der Waals surface area contributed by atoms with Crippen LogP contribution in [0.2, 0.25) is 0 Å². The van der Waals surface area contributed by atoms with Gasteiger partial charge < -0.3 is 10.5 Å². The fraction of sp³-hybridized carbons (Fsp3) is 0.684. The summed E-state index contributed by atoms with van der Waals surface area (Å²) in [6, 6.07) is 7.10. The van der Waals surface area contributed by atoms with E-state index < -0.39 is 0 Å². The Labute approximate surface area is 129 Å². The second-order valence-corrected chi connectivity index (χ2v) is 6.95. The van der Waals surface area contributed by atoms with Crippen LogP contribution in [0, 0.1) is 0 Å². The van der Waals surface area contributed by atoms with Crippen molar-refractivity contribution in [2.45, 2.75) is 75.9 Å². The number of fused-ring (bicyclic) bond motifs is 1. The van der Waals surface area contributed by atoms with Crippen molar-refractivity contribution in [3.8, 4) is 0 Å². The Hall–Kier alpha value is -0.860. The minimum absolute atomic E-state index is 0.102. The van der Waals surface area contributed by atoms with Gasteiger partial charge in [0.25, 0.3) is 0 Å². The van der Waals surface area contributed by atoms with Crippen LogP contribution in [0.4, 0.5) is 0 Å². The number of hydrogen-bond donors (Lipinski definition) is 1. The summed E-state index contributed by atoms with van der Waals surface area (Å²) in [7, 11) is 1.86. The van der Waals surface area contributed by atoms with Gasteiger partial charge in [0.05, 0.1) is 5.60 Å². The minimum Gasteiger partial charge on any atom is -0.377 e. The van der Waals surface area contributed by atoms with E-state index in [1.54, 1.807) is 11.1 Å². The van der Waals surface area contributed by atoms with E-state index in [0.717, 1.165) is 19.3 Å². The molecule has 0 aromatic heterocycles. The predicted molar refractivity (Wildman–Crippen MR) is 87.6 cm³/mol. The molecule has 1 saturated carbocycles. The van der Waals surface area contributed by atoms with Crippen LogP contribution < -0.4 is 5.73 Å².